The zero-order chi connectivity index (χ0) is 18.1. The van der Waals surface area contributed by atoms with Gasteiger partial charge in [0.2, 0.25) is 0 Å². The van der Waals surface area contributed by atoms with Crippen LogP contribution in [-0.2, 0) is 11.3 Å². The molecule has 2 aromatic heterocycles. The van der Waals surface area contributed by atoms with Crippen molar-refractivity contribution in [1.82, 2.24) is 9.55 Å². The van der Waals surface area contributed by atoms with E-state index in [1.165, 1.54) is 18.3 Å². The molecule has 3 aromatic rings. The summed E-state index contributed by atoms with van der Waals surface area (Å²) in [7, 11) is 0. The van der Waals surface area contributed by atoms with Gasteiger partial charge in [-0.05, 0) is 24.6 Å². The maximum Gasteiger partial charge on any atom is 0.262 e. The Morgan fingerprint density at radius 3 is 2.56 bits per heavy atom. The summed E-state index contributed by atoms with van der Waals surface area (Å²) in [4.78, 5) is 30.0. The molecule has 0 bridgehead atoms. The first kappa shape index (κ1) is 17.8. The van der Waals surface area contributed by atoms with Gasteiger partial charge in [-0.1, -0.05) is 37.6 Å². The summed E-state index contributed by atoms with van der Waals surface area (Å²) in [5.74, 6) is 0.887. The van der Waals surface area contributed by atoms with Gasteiger partial charge in [-0.25, -0.2) is 4.98 Å². The van der Waals surface area contributed by atoms with Crippen molar-refractivity contribution in [3.63, 3.8) is 0 Å². The van der Waals surface area contributed by atoms with Crippen molar-refractivity contribution >= 4 is 38.9 Å². The molecule has 6 heteroatoms. The lowest BCUT2D eigenvalue weighted by Crippen LogP contribution is -2.26. The molecule has 0 amide bonds. The number of hydrogen-bond acceptors (Lipinski definition) is 4. The van der Waals surface area contributed by atoms with E-state index in [4.69, 9.17) is 16.6 Å². The number of nitrogens with zero attached hydrogens (tertiary/aromatic N) is 2. The number of ketones is 1. The van der Waals surface area contributed by atoms with Crippen LogP contribution in [0.5, 0.6) is 0 Å². The zero-order valence-electron chi connectivity index (χ0n) is 14.4. The van der Waals surface area contributed by atoms with Gasteiger partial charge in [0.1, 0.15) is 16.4 Å². The molecule has 25 heavy (non-hydrogen) atoms. The van der Waals surface area contributed by atoms with E-state index >= 15 is 0 Å². The standard InChI is InChI=1S/C19H19ClN2O2S/c1-11(2)17-21-18-16(19(24)22(17)9-8-12(3)23)15(10-25-18)13-4-6-14(20)7-5-13/h4-7,10-11H,8-9H2,1-3H3. The van der Waals surface area contributed by atoms with Crippen LogP contribution in [0.25, 0.3) is 21.3 Å². The Kier molecular flexibility index (Phi) is 5.06. The fourth-order valence-corrected chi connectivity index (χ4v) is 3.88. The fourth-order valence-electron chi connectivity index (χ4n) is 2.81. The Morgan fingerprint density at radius 2 is 1.96 bits per heavy atom. The third-order valence-electron chi connectivity index (χ3n) is 4.08. The second-order valence-corrected chi connectivity index (χ2v) is 7.66. The number of aromatic nitrogens is 2. The van der Waals surface area contributed by atoms with Gasteiger partial charge in [-0.15, -0.1) is 11.3 Å². The number of fused-ring (bicyclic) bond motifs is 1. The molecule has 130 valence electrons. The van der Waals surface area contributed by atoms with Crippen molar-refractivity contribution in [2.75, 3.05) is 0 Å². The van der Waals surface area contributed by atoms with Crippen molar-refractivity contribution in [2.45, 2.75) is 39.7 Å². The van der Waals surface area contributed by atoms with Gasteiger partial charge < -0.3 is 0 Å². The fraction of sp³-hybridized carbons (Fsp3) is 0.316. The van der Waals surface area contributed by atoms with Gasteiger partial charge in [0.05, 0.1) is 5.39 Å². The summed E-state index contributed by atoms with van der Waals surface area (Å²) in [6.07, 6.45) is 0.327. The van der Waals surface area contributed by atoms with Gasteiger partial charge in [0, 0.05) is 34.8 Å². The maximum atomic E-state index is 13.2. The highest BCUT2D eigenvalue weighted by Gasteiger charge is 2.18. The number of benzene rings is 1. The maximum absolute atomic E-state index is 13.2. The van der Waals surface area contributed by atoms with E-state index in [0.717, 1.165) is 21.8 Å². The van der Waals surface area contributed by atoms with Crippen molar-refractivity contribution in [1.29, 1.82) is 0 Å². The zero-order valence-corrected chi connectivity index (χ0v) is 15.9. The monoisotopic (exact) mass is 374 g/mol. The van der Waals surface area contributed by atoms with E-state index in [-0.39, 0.29) is 17.3 Å². The van der Waals surface area contributed by atoms with Gasteiger partial charge >= 0.3 is 0 Å². The van der Waals surface area contributed by atoms with Gasteiger partial charge in [0.15, 0.2) is 0 Å². The first-order valence-corrected chi connectivity index (χ1v) is 9.41. The first-order valence-electron chi connectivity index (χ1n) is 8.15. The molecule has 2 heterocycles. The molecule has 0 spiro atoms. The summed E-state index contributed by atoms with van der Waals surface area (Å²) < 4.78 is 1.65. The molecule has 1 aromatic carbocycles. The molecule has 0 N–H and O–H groups in total. The quantitative estimate of drug-likeness (QED) is 0.639. The van der Waals surface area contributed by atoms with Crippen molar-refractivity contribution in [2.24, 2.45) is 0 Å². The van der Waals surface area contributed by atoms with E-state index in [0.29, 0.717) is 23.4 Å². The summed E-state index contributed by atoms with van der Waals surface area (Å²) in [5, 5.41) is 3.23. The minimum absolute atomic E-state index is 0.0601. The van der Waals surface area contributed by atoms with Crippen LogP contribution in [-0.4, -0.2) is 15.3 Å². The van der Waals surface area contributed by atoms with E-state index in [1.54, 1.807) is 4.57 Å². The van der Waals surface area contributed by atoms with Crippen LogP contribution >= 0.6 is 22.9 Å². The third kappa shape index (κ3) is 3.53. The molecule has 0 saturated heterocycles. The van der Waals surface area contributed by atoms with E-state index < -0.39 is 0 Å². The van der Waals surface area contributed by atoms with Gasteiger partial charge in [-0.2, -0.15) is 0 Å². The number of Topliss-reactive ketones (excluding diaryl/α,β-unsaturated/α-hetero) is 1. The first-order chi connectivity index (χ1) is 11.9. The molecule has 4 nitrogen and oxygen atoms in total. The van der Waals surface area contributed by atoms with Crippen molar-refractivity contribution in [3.8, 4) is 11.1 Å². The number of thiophene rings is 1. The SMILES string of the molecule is CC(=O)CCn1c(C(C)C)nc2scc(-c3ccc(Cl)cc3)c2c1=O. The molecule has 0 unspecified atom stereocenters. The van der Waals surface area contributed by atoms with Crippen LogP contribution in [0.1, 0.15) is 38.9 Å². The minimum atomic E-state index is -0.0823. The lowest BCUT2D eigenvalue weighted by atomic mass is 10.1. The van der Waals surface area contributed by atoms with Gasteiger partial charge in [0.25, 0.3) is 5.56 Å². The molecular formula is C19H19ClN2O2S. The van der Waals surface area contributed by atoms with E-state index in [9.17, 15) is 9.59 Å². The smallest absolute Gasteiger partial charge is 0.262 e. The van der Waals surface area contributed by atoms with Crippen LogP contribution in [0, 0.1) is 0 Å². The van der Waals surface area contributed by atoms with Crippen LogP contribution in [0.15, 0.2) is 34.4 Å². The lowest BCUT2D eigenvalue weighted by molar-refractivity contribution is -0.117. The molecule has 0 aliphatic carbocycles. The Hall–Kier alpha value is -1.98. The molecule has 0 radical (unpaired) electrons. The summed E-state index contributed by atoms with van der Waals surface area (Å²) in [5.41, 5.74) is 1.71. The normalized spacial score (nSPS) is 11.4. The molecule has 0 aliphatic rings. The lowest BCUT2D eigenvalue weighted by Gasteiger charge is -2.14. The number of halogens is 1. The second kappa shape index (κ2) is 7.10. The summed E-state index contributed by atoms with van der Waals surface area (Å²) in [6, 6.07) is 7.42. The van der Waals surface area contributed by atoms with E-state index in [1.807, 2.05) is 43.5 Å². The molecule has 3 rings (SSSR count). The average Bonchev–Trinajstić information content (AvgIpc) is 2.98. The highest BCUT2D eigenvalue weighted by atomic mass is 35.5. The Bertz CT molecular complexity index is 987. The van der Waals surface area contributed by atoms with Crippen LogP contribution in [0.3, 0.4) is 0 Å². The summed E-state index contributed by atoms with van der Waals surface area (Å²) >= 11 is 7.43. The van der Waals surface area contributed by atoms with Crippen LogP contribution < -0.4 is 5.56 Å². The summed E-state index contributed by atoms with van der Waals surface area (Å²) in [6.45, 7) is 5.91. The largest absolute Gasteiger partial charge is 0.300 e. The predicted octanol–water partition coefficient (Wildman–Crippen LogP) is 4.88. The van der Waals surface area contributed by atoms with Crippen molar-refractivity contribution < 1.29 is 4.79 Å². The Balaban J connectivity index is 2.23. The van der Waals surface area contributed by atoms with E-state index in [2.05, 4.69) is 0 Å². The molecular weight excluding hydrogens is 356 g/mol. The minimum Gasteiger partial charge on any atom is -0.300 e. The third-order valence-corrected chi connectivity index (χ3v) is 5.21. The molecule has 0 saturated carbocycles. The Morgan fingerprint density at radius 1 is 1.28 bits per heavy atom. The highest BCUT2D eigenvalue weighted by molar-refractivity contribution is 7.17. The highest BCUT2D eigenvalue weighted by Crippen LogP contribution is 2.32. The Labute approximate surface area is 155 Å². The second-order valence-electron chi connectivity index (χ2n) is 6.37. The topological polar surface area (TPSA) is 52.0 Å². The number of carbonyl (C=O) groups is 1. The average molecular weight is 375 g/mol. The van der Waals surface area contributed by atoms with Crippen molar-refractivity contribution in [3.05, 3.63) is 50.8 Å². The predicted molar refractivity (Wildman–Crippen MR) is 104 cm³/mol. The van der Waals surface area contributed by atoms with Crippen LogP contribution in [0.4, 0.5) is 0 Å². The number of rotatable bonds is 5. The molecule has 0 atom stereocenters. The molecule has 0 aliphatic heterocycles. The van der Waals surface area contributed by atoms with Crippen LogP contribution in [0.2, 0.25) is 5.02 Å². The number of hydrogen-bond donors (Lipinski definition) is 0. The number of carbonyl (C=O) groups excluding carboxylic acids is 1. The van der Waals surface area contributed by atoms with Gasteiger partial charge in [-0.3, -0.25) is 14.2 Å². The molecule has 0 fully saturated rings.